The summed E-state index contributed by atoms with van der Waals surface area (Å²) >= 11 is 5.93. The van der Waals surface area contributed by atoms with E-state index in [0.717, 1.165) is 5.56 Å². The molecule has 20 heavy (non-hydrogen) atoms. The van der Waals surface area contributed by atoms with Crippen LogP contribution in [0.25, 0.3) is 0 Å². The van der Waals surface area contributed by atoms with E-state index in [9.17, 15) is 4.79 Å². The summed E-state index contributed by atoms with van der Waals surface area (Å²) in [5.74, 6) is -0.0581. The number of nitrogens with one attached hydrogen (secondary N) is 1. The minimum absolute atomic E-state index is 0.0581. The smallest absolute Gasteiger partial charge is 0.251 e. The van der Waals surface area contributed by atoms with Crippen LogP contribution in [0, 0.1) is 17.8 Å². The second kappa shape index (κ2) is 4.74. The maximum absolute atomic E-state index is 12.5. The second-order valence-electron chi connectivity index (χ2n) is 6.99. The van der Waals surface area contributed by atoms with Crippen LogP contribution in [-0.2, 0) is 0 Å². The monoisotopic (exact) mass is 294 g/mol. The summed E-state index contributed by atoms with van der Waals surface area (Å²) < 4.78 is 0. The molecule has 0 unspecified atom stereocenters. The van der Waals surface area contributed by atoms with Gasteiger partial charge in [-0.25, -0.2) is 0 Å². The first kappa shape index (κ1) is 15.3. The minimum Gasteiger partial charge on any atom is -0.348 e. The van der Waals surface area contributed by atoms with E-state index < -0.39 is 0 Å². The Labute approximate surface area is 125 Å². The Morgan fingerprint density at radius 3 is 2.30 bits per heavy atom. The van der Waals surface area contributed by atoms with E-state index in [1.54, 1.807) is 18.2 Å². The number of rotatable bonds is 2. The van der Waals surface area contributed by atoms with Crippen LogP contribution in [0.4, 0.5) is 0 Å². The standard InChI is InChI=1S/C16H23ClN2O/c1-9-8-10(17)6-7-11(9)12(20)19-14-15(2,3)13(18)16(14,4)5/h6-8,13-14H,18H2,1-5H3,(H,19,20). The Morgan fingerprint density at radius 1 is 1.25 bits per heavy atom. The molecule has 110 valence electrons. The molecule has 1 saturated carbocycles. The predicted molar refractivity (Wildman–Crippen MR) is 83.0 cm³/mol. The summed E-state index contributed by atoms with van der Waals surface area (Å²) in [6, 6.07) is 5.45. The maximum atomic E-state index is 12.5. The summed E-state index contributed by atoms with van der Waals surface area (Å²) in [5, 5.41) is 3.79. The molecule has 1 aliphatic rings. The van der Waals surface area contributed by atoms with Crippen LogP contribution in [-0.4, -0.2) is 18.0 Å². The summed E-state index contributed by atoms with van der Waals surface area (Å²) in [4.78, 5) is 12.5. The minimum atomic E-state index is -0.0977. The third-order valence-electron chi connectivity index (χ3n) is 4.80. The first-order valence-corrected chi connectivity index (χ1v) is 7.29. The van der Waals surface area contributed by atoms with Crippen molar-refractivity contribution < 1.29 is 4.79 Å². The molecule has 0 radical (unpaired) electrons. The highest BCUT2D eigenvalue weighted by Gasteiger charge is 2.60. The van der Waals surface area contributed by atoms with Crippen molar-refractivity contribution in [3.8, 4) is 0 Å². The zero-order chi connectivity index (χ0) is 15.3. The van der Waals surface area contributed by atoms with Gasteiger partial charge in [0.15, 0.2) is 0 Å². The SMILES string of the molecule is Cc1cc(Cl)ccc1C(=O)NC1C(C)(C)C(N)C1(C)C. The van der Waals surface area contributed by atoms with Gasteiger partial charge in [0.05, 0.1) is 0 Å². The van der Waals surface area contributed by atoms with Crippen LogP contribution in [0.3, 0.4) is 0 Å². The molecule has 0 spiro atoms. The lowest BCUT2D eigenvalue weighted by molar-refractivity contribution is -0.0663. The van der Waals surface area contributed by atoms with Gasteiger partial charge in [-0.3, -0.25) is 4.79 Å². The van der Waals surface area contributed by atoms with Crippen molar-refractivity contribution in [2.24, 2.45) is 16.6 Å². The number of carbonyl (C=O) groups excluding carboxylic acids is 1. The number of aryl methyl sites for hydroxylation is 1. The molecule has 0 bridgehead atoms. The summed E-state index contributed by atoms with van der Waals surface area (Å²) in [6.07, 6.45) is 0. The molecule has 1 fully saturated rings. The van der Waals surface area contributed by atoms with E-state index in [1.165, 1.54) is 0 Å². The van der Waals surface area contributed by atoms with E-state index in [4.69, 9.17) is 17.3 Å². The largest absolute Gasteiger partial charge is 0.348 e. The number of hydrogen-bond donors (Lipinski definition) is 2. The van der Waals surface area contributed by atoms with E-state index in [1.807, 2.05) is 6.92 Å². The van der Waals surface area contributed by atoms with Gasteiger partial charge in [0.2, 0.25) is 0 Å². The Morgan fingerprint density at radius 2 is 1.80 bits per heavy atom. The highest BCUT2D eigenvalue weighted by Crippen LogP contribution is 2.52. The van der Waals surface area contributed by atoms with E-state index >= 15 is 0 Å². The van der Waals surface area contributed by atoms with Crippen LogP contribution in [0.15, 0.2) is 18.2 Å². The topological polar surface area (TPSA) is 55.1 Å². The van der Waals surface area contributed by atoms with E-state index in [0.29, 0.717) is 10.6 Å². The average molecular weight is 295 g/mol. The number of hydrogen-bond acceptors (Lipinski definition) is 2. The van der Waals surface area contributed by atoms with Gasteiger partial charge < -0.3 is 11.1 Å². The summed E-state index contributed by atoms with van der Waals surface area (Å²) in [6.45, 7) is 10.3. The van der Waals surface area contributed by atoms with Crippen LogP contribution in [0.2, 0.25) is 5.02 Å². The number of benzene rings is 1. The Hall–Kier alpha value is -1.06. The molecule has 2 rings (SSSR count). The van der Waals surface area contributed by atoms with Crippen molar-refractivity contribution >= 4 is 17.5 Å². The van der Waals surface area contributed by atoms with Crippen molar-refractivity contribution in [3.63, 3.8) is 0 Å². The number of carbonyl (C=O) groups is 1. The third kappa shape index (κ3) is 2.23. The normalized spacial score (nSPS) is 26.8. The molecule has 4 heteroatoms. The number of amides is 1. The number of halogens is 1. The molecule has 0 aliphatic heterocycles. The molecule has 0 saturated heterocycles. The van der Waals surface area contributed by atoms with E-state index in [2.05, 4.69) is 33.0 Å². The van der Waals surface area contributed by atoms with Gasteiger partial charge in [-0.2, -0.15) is 0 Å². The predicted octanol–water partition coefficient (Wildman–Crippen LogP) is 3.14. The fourth-order valence-corrected chi connectivity index (χ4v) is 3.87. The first-order valence-electron chi connectivity index (χ1n) is 6.91. The van der Waals surface area contributed by atoms with Crippen molar-refractivity contribution in [1.82, 2.24) is 5.32 Å². The summed E-state index contributed by atoms with van der Waals surface area (Å²) in [7, 11) is 0. The first-order chi connectivity index (χ1) is 9.08. The molecule has 1 aliphatic carbocycles. The summed E-state index contributed by atoms with van der Waals surface area (Å²) in [5.41, 5.74) is 7.58. The highest BCUT2D eigenvalue weighted by atomic mass is 35.5. The molecule has 1 amide bonds. The van der Waals surface area contributed by atoms with Crippen molar-refractivity contribution in [2.75, 3.05) is 0 Å². The van der Waals surface area contributed by atoms with Gasteiger partial charge in [-0.15, -0.1) is 0 Å². The molecule has 3 nitrogen and oxygen atoms in total. The molecule has 0 aromatic heterocycles. The van der Waals surface area contributed by atoms with Crippen molar-refractivity contribution in [3.05, 3.63) is 34.3 Å². The fraction of sp³-hybridized carbons (Fsp3) is 0.562. The van der Waals surface area contributed by atoms with Gasteiger partial charge in [0, 0.05) is 33.5 Å². The zero-order valence-corrected chi connectivity index (χ0v) is 13.5. The molecule has 0 heterocycles. The Balaban J connectivity index is 2.20. The van der Waals surface area contributed by atoms with Crippen LogP contribution in [0.5, 0.6) is 0 Å². The molecule has 1 aromatic rings. The van der Waals surface area contributed by atoms with Gasteiger partial charge in [-0.1, -0.05) is 39.3 Å². The maximum Gasteiger partial charge on any atom is 0.251 e. The molecular formula is C16H23ClN2O. The van der Waals surface area contributed by atoms with Gasteiger partial charge >= 0.3 is 0 Å². The van der Waals surface area contributed by atoms with Crippen molar-refractivity contribution in [2.45, 2.75) is 46.7 Å². The lowest BCUT2D eigenvalue weighted by Gasteiger charge is -2.62. The van der Waals surface area contributed by atoms with Crippen LogP contribution >= 0.6 is 11.6 Å². The van der Waals surface area contributed by atoms with E-state index in [-0.39, 0.29) is 28.8 Å². The van der Waals surface area contributed by atoms with Crippen LogP contribution < -0.4 is 11.1 Å². The number of nitrogens with two attached hydrogens (primary N) is 1. The fourth-order valence-electron chi connectivity index (χ4n) is 3.64. The van der Waals surface area contributed by atoms with Crippen molar-refractivity contribution in [1.29, 1.82) is 0 Å². The third-order valence-corrected chi connectivity index (χ3v) is 5.03. The van der Waals surface area contributed by atoms with Gasteiger partial charge in [0.1, 0.15) is 0 Å². The quantitative estimate of drug-likeness (QED) is 0.880. The lowest BCUT2D eigenvalue weighted by Crippen LogP contribution is -2.76. The highest BCUT2D eigenvalue weighted by molar-refractivity contribution is 6.30. The average Bonchev–Trinajstić information content (AvgIpc) is 2.34. The Bertz CT molecular complexity index is 535. The molecule has 3 N–H and O–H groups in total. The zero-order valence-electron chi connectivity index (χ0n) is 12.8. The van der Waals surface area contributed by atoms with Gasteiger partial charge in [0.25, 0.3) is 5.91 Å². The molecule has 1 aromatic carbocycles. The Kier molecular flexibility index (Phi) is 3.64. The van der Waals surface area contributed by atoms with Crippen LogP contribution in [0.1, 0.15) is 43.6 Å². The second-order valence-corrected chi connectivity index (χ2v) is 7.42. The molecule has 0 atom stereocenters. The lowest BCUT2D eigenvalue weighted by atomic mass is 9.48. The molecular weight excluding hydrogens is 272 g/mol. The van der Waals surface area contributed by atoms with Gasteiger partial charge in [-0.05, 0) is 30.7 Å².